The second kappa shape index (κ2) is 9.01. The number of amides is 2. The maximum absolute atomic E-state index is 12.3. The molecule has 0 spiro atoms. The molecule has 1 heterocycles. The van der Waals surface area contributed by atoms with Crippen molar-refractivity contribution in [3.63, 3.8) is 0 Å². The predicted octanol–water partition coefficient (Wildman–Crippen LogP) is 2.96. The van der Waals surface area contributed by atoms with Gasteiger partial charge in [-0.2, -0.15) is 0 Å². The van der Waals surface area contributed by atoms with E-state index >= 15 is 0 Å². The summed E-state index contributed by atoms with van der Waals surface area (Å²) in [6.07, 6.45) is 0. The molecule has 1 saturated heterocycles. The maximum Gasteiger partial charge on any atom is 0.251 e. The van der Waals surface area contributed by atoms with Crippen LogP contribution < -0.4 is 15.5 Å². The van der Waals surface area contributed by atoms with E-state index in [2.05, 4.69) is 31.5 Å². The highest BCUT2D eigenvalue weighted by molar-refractivity contribution is 9.10. The molecule has 1 aliphatic heterocycles. The van der Waals surface area contributed by atoms with E-state index in [1.165, 1.54) is 0 Å². The first kappa shape index (κ1) is 19.4. The first-order valence-electron chi connectivity index (χ1n) is 8.80. The number of ether oxygens (including phenoxy) is 1. The molecule has 27 heavy (non-hydrogen) atoms. The van der Waals surface area contributed by atoms with E-state index in [0.717, 1.165) is 42.0 Å². The van der Waals surface area contributed by atoms with E-state index < -0.39 is 0 Å². The number of carbonyl (C=O) groups excluding carboxylic acids is 2. The van der Waals surface area contributed by atoms with E-state index in [1.807, 2.05) is 31.2 Å². The molecule has 3 rings (SSSR count). The lowest BCUT2D eigenvalue weighted by Gasteiger charge is -2.28. The van der Waals surface area contributed by atoms with Crippen LogP contribution in [0.25, 0.3) is 0 Å². The molecule has 0 aromatic heterocycles. The Morgan fingerprint density at radius 3 is 2.48 bits per heavy atom. The second-order valence-corrected chi connectivity index (χ2v) is 7.20. The topological polar surface area (TPSA) is 70.7 Å². The SMILES string of the molecule is Cc1cc(NC(=O)CNC(=O)c2ccc(N3CCOCC3)cc2)ccc1Br. The number of carbonyl (C=O) groups is 2. The van der Waals surface area contributed by atoms with Crippen LogP contribution in [0.5, 0.6) is 0 Å². The number of nitrogens with one attached hydrogen (secondary N) is 2. The number of aryl methyl sites for hydroxylation is 1. The van der Waals surface area contributed by atoms with Crippen LogP contribution >= 0.6 is 15.9 Å². The Bertz CT molecular complexity index is 818. The molecule has 2 N–H and O–H groups in total. The normalized spacial score (nSPS) is 13.9. The van der Waals surface area contributed by atoms with Crippen molar-refractivity contribution in [2.75, 3.05) is 43.1 Å². The lowest BCUT2D eigenvalue weighted by Crippen LogP contribution is -2.36. The van der Waals surface area contributed by atoms with Crippen LogP contribution in [0, 0.1) is 6.92 Å². The standard InChI is InChI=1S/C20H22BrN3O3/c1-14-12-16(4-7-18(14)21)23-19(25)13-22-20(26)15-2-5-17(6-3-15)24-8-10-27-11-9-24/h2-7,12H,8-11,13H2,1H3,(H,22,26)(H,23,25). The third-order valence-corrected chi connectivity index (χ3v) is 5.25. The van der Waals surface area contributed by atoms with Crippen LogP contribution in [0.15, 0.2) is 46.9 Å². The molecule has 2 aromatic rings. The first-order chi connectivity index (χ1) is 13.0. The highest BCUT2D eigenvalue weighted by atomic mass is 79.9. The summed E-state index contributed by atoms with van der Waals surface area (Å²) in [6.45, 7) is 4.99. The number of nitrogens with zero attached hydrogens (tertiary/aromatic N) is 1. The maximum atomic E-state index is 12.3. The van der Waals surface area contributed by atoms with Gasteiger partial charge in [0.2, 0.25) is 5.91 Å². The Labute approximate surface area is 167 Å². The minimum atomic E-state index is -0.273. The van der Waals surface area contributed by atoms with E-state index in [-0.39, 0.29) is 18.4 Å². The lowest BCUT2D eigenvalue weighted by molar-refractivity contribution is -0.115. The summed E-state index contributed by atoms with van der Waals surface area (Å²) in [4.78, 5) is 26.5. The van der Waals surface area contributed by atoms with Gasteiger partial charge in [-0.3, -0.25) is 9.59 Å². The van der Waals surface area contributed by atoms with E-state index in [0.29, 0.717) is 11.3 Å². The van der Waals surface area contributed by atoms with Gasteiger partial charge < -0.3 is 20.3 Å². The summed E-state index contributed by atoms with van der Waals surface area (Å²) in [5.41, 5.74) is 3.32. The summed E-state index contributed by atoms with van der Waals surface area (Å²) in [5, 5.41) is 5.43. The second-order valence-electron chi connectivity index (χ2n) is 6.34. The highest BCUT2D eigenvalue weighted by Gasteiger charge is 2.13. The Morgan fingerprint density at radius 1 is 1.11 bits per heavy atom. The van der Waals surface area contributed by atoms with Crippen LogP contribution in [0.3, 0.4) is 0 Å². The van der Waals surface area contributed by atoms with Crippen LogP contribution in [-0.4, -0.2) is 44.7 Å². The lowest BCUT2D eigenvalue weighted by atomic mass is 10.1. The summed E-state index contributed by atoms with van der Waals surface area (Å²) in [5.74, 6) is -0.541. The van der Waals surface area contributed by atoms with Crippen molar-refractivity contribution in [1.29, 1.82) is 0 Å². The van der Waals surface area contributed by atoms with Crippen LogP contribution in [0.1, 0.15) is 15.9 Å². The Morgan fingerprint density at radius 2 is 1.81 bits per heavy atom. The Balaban J connectivity index is 1.50. The molecule has 2 amide bonds. The van der Waals surface area contributed by atoms with Gasteiger partial charge in [0.25, 0.3) is 5.91 Å². The molecule has 1 fully saturated rings. The summed E-state index contributed by atoms with van der Waals surface area (Å²) >= 11 is 3.42. The average Bonchev–Trinajstić information content (AvgIpc) is 2.70. The fourth-order valence-corrected chi connectivity index (χ4v) is 3.08. The molecule has 0 saturated carbocycles. The van der Waals surface area contributed by atoms with Gasteiger partial charge in [0.15, 0.2) is 0 Å². The van der Waals surface area contributed by atoms with Crippen LogP contribution in [-0.2, 0) is 9.53 Å². The minimum absolute atomic E-state index is 0.0842. The van der Waals surface area contributed by atoms with Crippen molar-refractivity contribution in [3.05, 3.63) is 58.1 Å². The van der Waals surface area contributed by atoms with E-state index in [1.54, 1.807) is 18.2 Å². The predicted molar refractivity (Wildman–Crippen MR) is 109 cm³/mol. The van der Waals surface area contributed by atoms with Gasteiger partial charge in [0, 0.05) is 34.5 Å². The fraction of sp³-hybridized carbons (Fsp3) is 0.300. The molecule has 0 unspecified atom stereocenters. The average molecular weight is 432 g/mol. The number of halogens is 1. The molecule has 6 nitrogen and oxygen atoms in total. The third kappa shape index (κ3) is 5.30. The number of anilines is 2. The monoisotopic (exact) mass is 431 g/mol. The van der Waals surface area contributed by atoms with Gasteiger partial charge >= 0.3 is 0 Å². The molecule has 2 aromatic carbocycles. The van der Waals surface area contributed by atoms with E-state index in [9.17, 15) is 9.59 Å². The number of benzene rings is 2. The van der Waals surface area contributed by atoms with Gasteiger partial charge in [-0.1, -0.05) is 15.9 Å². The number of hydrogen-bond donors (Lipinski definition) is 2. The Kier molecular flexibility index (Phi) is 6.47. The van der Waals surface area contributed by atoms with Crippen molar-refractivity contribution in [3.8, 4) is 0 Å². The summed E-state index contributed by atoms with van der Waals surface area (Å²) in [6, 6.07) is 12.9. The van der Waals surface area contributed by atoms with E-state index in [4.69, 9.17) is 4.74 Å². The zero-order valence-electron chi connectivity index (χ0n) is 15.1. The van der Waals surface area contributed by atoms with Gasteiger partial charge in [-0.15, -0.1) is 0 Å². The smallest absolute Gasteiger partial charge is 0.251 e. The molecule has 142 valence electrons. The molecule has 7 heteroatoms. The van der Waals surface area contributed by atoms with Gasteiger partial charge in [0.1, 0.15) is 0 Å². The number of morpholine rings is 1. The first-order valence-corrected chi connectivity index (χ1v) is 9.59. The zero-order chi connectivity index (χ0) is 19.2. The Hall–Kier alpha value is -2.38. The molecular weight excluding hydrogens is 410 g/mol. The molecule has 1 aliphatic rings. The quantitative estimate of drug-likeness (QED) is 0.763. The molecule has 0 radical (unpaired) electrons. The molecule has 0 atom stereocenters. The molecule has 0 aliphatic carbocycles. The minimum Gasteiger partial charge on any atom is -0.378 e. The summed E-state index contributed by atoms with van der Waals surface area (Å²) in [7, 11) is 0. The molecular formula is C20H22BrN3O3. The zero-order valence-corrected chi connectivity index (χ0v) is 16.7. The molecule has 0 bridgehead atoms. The van der Waals surface area contributed by atoms with Crippen LogP contribution in [0.4, 0.5) is 11.4 Å². The summed E-state index contributed by atoms with van der Waals surface area (Å²) < 4.78 is 6.33. The number of rotatable bonds is 5. The van der Waals surface area contributed by atoms with Crippen molar-refractivity contribution in [2.24, 2.45) is 0 Å². The van der Waals surface area contributed by atoms with Crippen molar-refractivity contribution in [2.45, 2.75) is 6.92 Å². The van der Waals surface area contributed by atoms with Crippen LogP contribution in [0.2, 0.25) is 0 Å². The number of hydrogen-bond acceptors (Lipinski definition) is 4. The van der Waals surface area contributed by atoms with Gasteiger partial charge in [-0.25, -0.2) is 0 Å². The third-order valence-electron chi connectivity index (χ3n) is 4.36. The largest absolute Gasteiger partial charge is 0.378 e. The van der Waals surface area contributed by atoms with Gasteiger partial charge in [-0.05, 0) is 55.0 Å². The fourth-order valence-electron chi connectivity index (χ4n) is 2.84. The van der Waals surface area contributed by atoms with Crippen molar-refractivity contribution in [1.82, 2.24) is 5.32 Å². The van der Waals surface area contributed by atoms with Crippen molar-refractivity contribution < 1.29 is 14.3 Å². The van der Waals surface area contributed by atoms with Crippen molar-refractivity contribution >= 4 is 39.1 Å². The van der Waals surface area contributed by atoms with Gasteiger partial charge in [0.05, 0.1) is 19.8 Å². The highest BCUT2D eigenvalue weighted by Crippen LogP contribution is 2.20.